The smallest absolute Gasteiger partial charge is 0.153 e. The molecule has 2 heterocycles. The van der Waals surface area contributed by atoms with Gasteiger partial charge >= 0.3 is 0 Å². The number of halogens is 1. The monoisotopic (exact) mass is 237 g/mol. The lowest BCUT2D eigenvalue weighted by molar-refractivity contribution is 0.742. The molecule has 6 heteroatoms. The lowest BCUT2D eigenvalue weighted by atomic mass is 10.3. The highest BCUT2D eigenvalue weighted by molar-refractivity contribution is 6.29. The Kier molecular flexibility index (Phi) is 3.36. The minimum Gasteiger partial charge on any atom is -0.383 e. The van der Waals surface area contributed by atoms with Gasteiger partial charge in [-0.25, -0.2) is 0 Å². The van der Waals surface area contributed by atoms with Crippen LogP contribution in [0.25, 0.3) is 0 Å². The van der Waals surface area contributed by atoms with Gasteiger partial charge in [-0.3, -0.25) is 4.68 Å². The predicted molar refractivity (Wildman–Crippen MR) is 62.4 cm³/mol. The summed E-state index contributed by atoms with van der Waals surface area (Å²) < 4.78 is 1.79. The fourth-order valence-electron chi connectivity index (χ4n) is 1.37. The molecule has 0 saturated carbocycles. The fourth-order valence-corrected chi connectivity index (χ4v) is 1.53. The van der Waals surface area contributed by atoms with Crippen LogP contribution < -0.4 is 5.32 Å². The highest BCUT2D eigenvalue weighted by Gasteiger charge is 1.98. The molecule has 0 aromatic carbocycles. The van der Waals surface area contributed by atoms with Crippen LogP contribution in [0.15, 0.2) is 24.5 Å². The zero-order chi connectivity index (χ0) is 11.4. The molecule has 5 nitrogen and oxygen atoms in total. The standard InChI is InChI=1S/C10H12ClN5/c1-16-5-3-8(15-16)2-4-12-9-6-10(11)14-13-7-9/h3,5-7H,2,4H2,1H3,(H,12,14). The minimum absolute atomic E-state index is 0.392. The molecule has 0 spiro atoms. The number of aromatic nitrogens is 4. The number of rotatable bonds is 4. The van der Waals surface area contributed by atoms with Crippen LogP contribution >= 0.6 is 11.6 Å². The van der Waals surface area contributed by atoms with Crippen molar-refractivity contribution in [3.05, 3.63) is 35.4 Å². The van der Waals surface area contributed by atoms with Crippen molar-refractivity contribution in [2.45, 2.75) is 6.42 Å². The second-order valence-electron chi connectivity index (χ2n) is 3.42. The lowest BCUT2D eigenvalue weighted by Crippen LogP contribution is -2.06. The minimum atomic E-state index is 0.392. The van der Waals surface area contributed by atoms with E-state index in [1.807, 2.05) is 19.3 Å². The highest BCUT2D eigenvalue weighted by atomic mass is 35.5. The third kappa shape index (κ3) is 2.93. The van der Waals surface area contributed by atoms with Crippen molar-refractivity contribution in [1.82, 2.24) is 20.0 Å². The zero-order valence-corrected chi connectivity index (χ0v) is 9.65. The second-order valence-corrected chi connectivity index (χ2v) is 3.81. The summed E-state index contributed by atoms with van der Waals surface area (Å²) in [6.07, 6.45) is 4.44. The van der Waals surface area contributed by atoms with Crippen molar-refractivity contribution in [2.75, 3.05) is 11.9 Å². The number of nitrogens with zero attached hydrogens (tertiary/aromatic N) is 4. The van der Waals surface area contributed by atoms with Crippen LogP contribution in [-0.2, 0) is 13.5 Å². The maximum atomic E-state index is 5.71. The average Bonchev–Trinajstić information content (AvgIpc) is 2.64. The van der Waals surface area contributed by atoms with E-state index in [0.29, 0.717) is 5.15 Å². The zero-order valence-electron chi connectivity index (χ0n) is 8.89. The summed E-state index contributed by atoms with van der Waals surface area (Å²) in [6, 6.07) is 3.74. The maximum Gasteiger partial charge on any atom is 0.153 e. The molecule has 0 atom stereocenters. The fraction of sp³-hybridized carbons (Fsp3) is 0.300. The SMILES string of the molecule is Cn1ccc(CCNc2cnnc(Cl)c2)n1. The molecule has 0 unspecified atom stereocenters. The van der Waals surface area contributed by atoms with Gasteiger partial charge in [0.05, 0.1) is 17.6 Å². The molecule has 0 aliphatic rings. The van der Waals surface area contributed by atoms with E-state index in [1.54, 1.807) is 16.9 Å². The Balaban J connectivity index is 1.84. The van der Waals surface area contributed by atoms with Gasteiger partial charge in [-0.2, -0.15) is 10.2 Å². The van der Waals surface area contributed by atoms with Gasteiger partial charge in [-0.1, -0.05) is 11.6 Å². The van der Waals surface area contributed by atoms with Crippen LogP contribution in [0.3, 0.4) is 0 Å². The van der Waals surface area contributed by atoms with Crippen LogP contribution in [0.2, 0.25) is 5.15 Å². The summed E-state index contributed by atoms with van der Waals surface area (Å²) in [5.74, 6) is 0. The van der Waals surface area contributed by atoms with Gasteiger partial charge < -0.3 is 5.32 Å². The first kappa shape index (κ1) is 10.9. The molecule has 0 bridgehead atoms. The van der Waals surface area contributed by atoms with Gasteiger partial charge in [0.1, 0.15) is 0 Å². The van der Waals surface area contributed by atoms with Crippen LogP contribution in [-0.4, -0.2) is 26.5 Å². The van der Waals surface area contributed by atoms with Crippen LogP contribution in [0, 0.1) is 0 Å². The maximum absolute atomic E-state index is 5.71. The van der Waals surface area contributed by atoms with Crippen molar-refractivity contribution in [3.63, 3.8) is 0 Å². The largest absolute Gasteiger partial charge is 0.383 e. The average molecular weight is 238 g/mol. The Bertz CT molecular complexity index is 468. The topological polar surface area (TPSA) is 55.6 Å². The van der Waals surface area contributed by atoms with Gasteiger partial charge in [0.25, 0.3) is 0 Å². The van der Waals surface area contributed by atoms with E-state index in [1.165, 1.54) is 0 Å². The Labute approximate surface area is 98.5 Å². The third-order valence-corrected chi connectivity index (χ3v) is 2.29. The van der Waals surface area contributed by atoms with E-state index < -0.39 is 0 Å². The molecule has 2 aromatic rings. The molecule has 0 aliphatic heterocycles. The van der Waals surface area contributed by atoms with Gasteiger partial charge in [-0.15, -0.1) is 5.10 Å². The first-order valence-electron chi connectivity index (χ1n) is 4.94. The number of aryl methyl sites for hydroxylation is 1. The first-order chi connectivity index (χ1) is 7.74. The molecular formula is C10H12ClN5. The van der Waals surface area contributed by atoms with E-state index in [2.05, 4.69) is 20.6 Å². The van der Waals surface area contributed by atoms with Gasteiger partial charge in [0.15, 0.2) is 5.15 Å². The quantitative estimate of drug-likeness (QED) is 0.876. The number of nitrogens with one attached hydrogen (secondary N) is 1. The van der Waals surface area contributed by atoms with Crippen LogP contribution in [0.5, 0.6) is 0 Å². The van der Waals surface area contributed by atoms with Gasteiger partial charge in [-0.05, 0) is 6.07 Å². The van der Waals surface area contributed by atoms with E-state index >= 15 is 0 Å². The summed E-state index contributed by atoms with van der Waals surface area (Å²) in [7, 11) is 1.91. The normalized spacial score (nSPS) is 10.4. The Morgan fingerprint density at radius 2 is 2.38 bits per heavy atom. The summed E-state index contributed by atoms with van der Waals surface area (Å²) in [5, 5.41) is 15.3. The van der Waals surface area contributed by atoms with E-state index in [4.69, 9.17) is 11.6 Å². The third-order valence-electron chi connectivity index (χ3n) is 2.10. The molecule has 0 amide bonds. The Morgan fingerprint density at radius 3 is 3.06 bits per heavy atom. The summed E-state index contributed by atoms with van der Waals surface area (Å²) in [4.78, 5) is 0. The van der Waals surface area contributed by atoms with E-state index in [0.717, 1.165) is 24.3 Å². The molecule has 0 fully saturated rings. The van der Waals surface area contributed by atoms with Gasteiger partial charge in [0, 0.05) is 32.3 Å². The van der Waals surface area contributed by atoms with E-state index in [-0.39, 0.29) is 0 Å². The summed E-state index contributed by atoms with van der Waals surface area (Å²) in [5.41, 5.74) is 1.93. The molecule has 84 valence electrons. The Hall–Kier alpha value is -1.62. The molecule has 2 aromatic heterocycles. The molecular weight excluding hydrogens is 226 g/mol. The molecule has 0 saturated heterocycles. The number of hydrogen-bond acceptors (Lipinski definition) is 4. The number of hydrogen-bond donors (Lipinski definition) is 1. The molecule has 0 radical (unpaired) electrons. The van der Waals surface area contributed by atoms with Crippen molar-refractivity contribution in [3.8, 4) is 0 Å². The predicted octanol–water partition coefficient (Wildman–Crippen LogP) is 1.52. The summed E-state index contributed by atoms with van der Waals surface area (Å²) in [6.45, 7) is 0.791. The van der Waals surface area contributed by atoms with Crippen molar-refractivity contribution >= 4 is 17.3 Å². The highest BCUT2D eigenvalue weighted by Crippen LogP contribution is 2.09. The molecule has 16 heavy (non-hydrogen) atoms. The first-order valence-corrected chi connectivity index (χ1v) is 5.32. The molecule has 2 rings (SSSR count). The Morgan fingerprint density at radius 1 is 1.50 bits per heavy atom. The molecule has 1 N–H and O–H groups in total. The lowest BCUT2D eigenvalue weighted by Gasteiger charge is -2.03. The van der Waals surface area contributed by atoms with Gasteiger partial charge in [0.2, 0.25) is 0 Å². The molecule has 0 aliphatic carbocycles. The van der Waals surface area contributed by atoms with Crippen molar-refractivity contribution < 1.29 is 0 Å². The van der Waals surface area contributed by atoms with Crippen LogP contribution in [0.4, 0.5) is 5.69 Å². The van der Waals surface area contributed by atoms with Crippen molar-refractivity contribution in [1.29, 1.82) is 0 Å². The number of anilines is 1. The summed E-state index contributed by atoms with van der Waals surface area (Å²) >= 11 is 5.71. The van der Waals surface area contributed by atoms with E-state index in [9.17, 15) is 0 Å². The second kappa shape index (κ2) is 4.94. The van der Waals surface area contributed by atoms with Crippen molar-refractivity contribution in [2.24, 2.45) is 7.05 Å². The van der Waals surface area contributed by atoms with Crippen LogP contribution in [0.1, 0.15) is 5.69 Å².